The van der Waals surface area contributed by atoms with Crippen LogP contribution in [0.5, 0.6) is 0 Å². The zero-order valence-corrected chi connectivity index (χ0v) is 13.4. The Bertz CT molecular complexity index is 259. The summed E-state index contributed by atoms with van der Waals surface area (Å²) in [5.41, 5.74) is 0. The maximum Gasteiger partial charge on any atom is -0.0313 e. The molecular formula is C18H34. The molecule has 6 unspecified atom stereocenters. The molecule has 106 valence electrons. The number of rotatable bonds is 8. The molecule has 18 heavy (non-hydrogen) atoms. The molecule has 2 fully saturated rings. The summed E-state index contributed by atoms with van der Waals surface area (Å²) >= 11 is 0. The first kappa shape index (κ1) is 14.4. The lowest BCUT2D eigenvalue weighted by atomic mass is 9.69. The predicted molar refractivity (Wildman–Crippen MR) is 80.4 cm³/mol. The highest BCUT2D eigenvalue weighted by molar-refractivity contribution is 5.20. The standard InChI is InChI=1S/C18H34/c1-7-9-10-12(4)13(5)15(11(3)8-2)18-16-14(6)17(16)18/h11-18H,7-10H2,1-6H3. The second-order valence-corrected chi connectivity index (χ2v) is 7.53. The monoisotopic (exact) mass is 250 g/mol. The van der Waals surface area contributed by atoms with Crippen LogP contribution in [0.15, 0.2) is 0 Å². The van der Waals surface area contributed by atoms with Crippen LogP contribution in [0.4, 0.5) is 0 Å². The van der Waals surface area contributed by atoms with E-state index in [-0.39, 0.29) is 0 Å². The van der Waals surface area contributed by atoms with Crippen molar-refractivity contribution in [2.24, 2.45) is 47.3 Å². The van der Waals surface area contributed by atoms with Crippen molar-refractivity contribution in [3.8, 4) is 0 Å². The zero-order valence-electron chi connectivity index (χ0n) is 13.4. The highest BCUT2D eigenvalue weighted by Gasteiger charge is 2.73. The third-order valence-corrected chi connectivity index (χ3v) is 6.53. The third-order valence-electron chi connectivity index (χ3n) is 6.53. The van der Waals surface area contributed by atoms with Crippen molar-refractivity contribution in [2.75, 3.05) is 0 Å². The summed E-state index contributed by atoms with van der Waals surface area (Å²) in [5.74, 6) is 8.32. The molecule has 0 aliphatic heterocycles. The van der Waals surface area contributed by atoms with Crippen LogP contribution in [0.2, 0.25) is 0 Å². The average molecular weight is 250 g/mol. The number of hydrogen-bond donors (Lipinski definition) is 0. The molecule has 2 aliphatic carbocycles. The minimum absolute atomic E-state index is 0.930. The average Bonchev–Trinajstić information content (AvgIpc) is 3.26. The molecule has 2 aliphatic rings. The molecule has 0 aromatic rings. The SMILES string of the molecule is CCCCC(C)C(C)C(C(C)CC)C1C2C(C)C21. The third kappa shape index (κ3) is 2.49. The van der Waals surface area contributed by atoms with E-state index in [1.165, 1.54) is 25.7 Å². The van der Waals surface area contributed by atoms with Crippen LogP contribution >= 0.6 is 0 Å². The Morgan fingerprint density at radius 2 is 1.56 bits per heavy atom. The Hall–Kier alpha value is 0. The van der Waals surface area contributed by atoms with Gasteiger partial charge in [0.25, 0.3) is 0 Å². The lowest BCUT2D eigenvalue weighted by Gasteiger charge is -2.36. The Labute approximate surface area is 115 Å². The van der Waals surface area contributed by atoms with E-state index in [1.807, 2.05) is 0 Å². The first-order valence-corrected chi connectivity index (χ1v) is 8.54. The van der Waals surface area contributed by atoms with Gasteiger partial charge < -0.3 is 0 Å². The Morgan fingerprint density at radius 1 is 0.944 bits per heavy atom. The topological polar surface area (TPSA) is 0 Å². The van der Waals surface area contributed by atoms with E-state index in [9.17, 15) is 0 Å². The summed E-state index contributed by atoms with van der Waals surface area (Å²) in [7, 11) is 0. The summed E-state index contributed by atoms with van der Waals surface area (Å²) in [4.78, 5) is 0. The van der Waals surface area contributed by atoms with Gasteiger partial charge in [-0.15, -0.1) is 0 Å². The molecule has 0 aromatic carbocycles. The van der Waals surface area contributed by atoms with Crippen LogP contribution in [0.3, 0.4) is 0 Å². The fourth-order valence-electron chi connectivity index (χ4n) is 4.67. The molecule has 0 bridgehead atoms. The van der Waals surface area contributed by atoms with Crippen LogP contribution in [-0.2, 0) is 0 Å². The predicted octanol–water partition coefficient (Wildman–Crippen LogP) is 5.62. The second-order valence-electron chi connectivity index (χ2n) is 7.53. The molecular weight excluding hydrogens is 216 g/mol. The van der Waals surface area contributed by atoms with E-state index in [0.29, 0.717) is 0 Å². The Kier molecular flexibility index (Phi) is 4.44. The summed E-state index contributed by atoms with van der Waals surface area (Å²) in [6.45, 7) is 14.7. The quantitative estimate of drug-likeness (QED) is 0.524. The van der Waals surface area contributed by atoms with E-state index in [4.69, 9.17) is 0 Å². The van der Waals surface area contributed by atoms with Gasteiger partial charge in [-0.25, -0.2) is 0 Å². The maximum atomic E-state index is 2.56. The van der Waals surface area contributed by atoms with E-state index in [0.717, 1.165) is 47.3 Å². The summed E-state index contributed by atoms with van der Waals surface area (Å²) in [5, 5.41) is 0. The highest BCUT2D eigenvalue weighted by atomic mass is 14.8. The molecule has 2 saturated carbocycles. The molecule has 2 rings (SSSR count). The van der Waals surface area contributed by atoms with Gasteiger partial charge in [-0.3, -0.25) is 0 Å². The molecule has 0 nitrogen and oxygen atoms in total. The highest BCUT2D eigenvalue weighted by Crippen LogP contribution is 2.77. The van der Waals surface area contributed by atoms with Crippen molar-refractivity contribution >= 4 is 0 Å². The number of fused-ring (bicyclic) bond motifs is 1. The summed E-state index contributed by atoms with van der Waals surface area (Å²) in [6, 6.07) is 0. The van der Waals surface area contributed by atoms with Crippen molar-refractivity contribution in [3.05, 3.63) is 0 Å². The molecule has 0 saturated heterocycles. The summed E-state index contributed by atoms with van der Waals surface area (Å²) < 4.78 is 0. The van der Waals surface area contributed by atoms with Gasteiger partial charge in [-0.05, 0) is 47.3 Å². The van der Waals surface area contributed by atoms with Gasteiger partial charge in [0.1, 0.15) is 0 Å². The number of unbranched alkanes of at least 4 members (excludes halogenated alkanes) is 1. The minimum Gasteiger partial charge on any atom is -0.0654 e. The van der Waals surface area contributed by atoms with Crippen LogP contribution in [-0.4, -0.2) is 0 Å². The van der Waals surface area contributed by atoms with Crippen LogP contribution in [0, 0.1) is 47.3 Å². The van der Waals surface area contributed by atoms with Crippen molar-refractivity contribution in [2.45, 2.75) is 67.2 Å². The molecule has 0 N–H and O–H groups in total. The van der Waals surface area contributed by atoms with Gasteiger partial charge in [0.05, 0.1) is 0 Å². The van der Waals surface area contributed by atoms with Gasteiger partial charge in [0, 0.05) is 0 Å². The molecule has 0 aromatic heterocycles. The Balaban J connectivity index is 1.91. The fourth-order valence-corrected chi connectivity index (χ4v) is 4.67. The molecule has 6 atom stereocenters. The van der Waals surface area contributed by atoms with Crippen molar-refractivity contribution in [1.82, 2.24) is 0 Å². The zero-order chi connectivity index (χ0) is 13.4. The second kappa shape index (κ2) is 5.55. The smallest absolute Gasteiger partial charge is 0.0313 e. The Morgan fingerprint density at radius 3 is 2.00 bits per heavy atom. The molecule has 0 heteroatoms. The molecule has 0 radical (unpaired) electrons. The maximum absolute atomic E-state index is 2.56. The van der Waals surface area contributed by atoms with Gasteiger partial charge in [0.15, 0.2) is 0 Å². The van der Waals surface area contributed by atoms with Crippen molar-refractivity contribution in [3.63, 3.8) is 0 Å². The van der Waals surface area contributed by atoms with Gasteiger partial charge in [-0.1, -0.05) is 67.2 Å². The van der Waals surface area contributed by atoms with E-state index in [2.05, 4.69) is 41.5 Å². The van der Waals surface area contributed by atoms with E-state index in [1.54, 1.807) is 0 Å². The first-order valence-electron chi connectivity index (χ1n) is 8.54. The fraction of sp³-hybridized carbons (Fsp3) is 1.00. The normalized spacial score (nSPS) is 39.7. The van der Waals surface area contributed by atoms with Crippen LogP contribution < -0.4 is 0 Å². The number of hydrogen-bond acceptors (Lipinski definition) is 0. The minimum atomic E-state index is 0.930. The van der Waals surface area contributed by atoms with Gasteiger partial charge in [-0.2, -0.15) is 0 Å². The summed E-state index contributed by atoms with van der Waals surface area (Å²) in [6.07, 6.45) is 5.60. The van der Waals surface area contributed by atoms with Gasteiger partial charge in [0.2, 0.25) is 0 Å². The van der Waals surface area contributed by atoms with E-state index < -0.39 is 0 Å². The lowest BCUT2D eigenvalue weighted by molar-refractivity contribution is 0.127. The van der Waals surface area contributed by atoms with Crippen LogP contribution in [0.25, 0.3) is 0 Å². The largest absolute Gasteiger partial charge is 0.0654 e. The van der Waals surface area contributed by atoms with Crippen molar-refractivity contribution < 1.29 is 0 Å². The van der Waals surface area contributed by atoms with E-state index >= 15 is 0 Å². The van der Waals surface area contributed by atoms with Crippen molar-refractivity contribution in [1.29, 1.82) is 0 Å². The first-order chi connectivity index (χ1) is 8.54. The molecule has 0 heterocycles. The van der Waals surface area contributed by atoms with Crippen LogP contribution in [0.1, 0.15) is 67.2 Å². The molecule has 0 amide bonds. The lowest BCUT2D eigenvalue weighted by Crippen LogP contribution is -2.29. The van der Waals surface area contributed by atoms with Gasteiger partial charge >= 0.3 is 0 Å². The molecule has 0 spiro atoms.